The number of nitrogens with zero attached hydrogens (tertiary/aromatic N) is 3. The molecule has 4 rings (SSSR count). The van der Waals surface area contributed by atoms with E-state index in [9.17, 15) is 9.18 Å². The van der Waals surface area contributed by atoms with Crippen LogP contribution in [0.25, 0.3) is 11.4 Å². The van der Waals surface area contributed by atoms with Gasteiger partial charge in [-0.2, -0.15) is 0 Å². The summed E-state index contributed by atoms with van der Waals surface area (Å²) in [5.74, 6) is 0.945. The van der Waals surface area contributed by atoms with Crippen LogP contribution < -0.4 is 5.32 Å². The van der Waals surface area contributed by atoms with Crippen LogP contribution >= 0.6 is 11.6 Å². The molecule has 5 nitrogen and oxygen atoms in total. The van der Waals surface area contributed by atoms with Crippen LogP contribution in [-0.4, -0.2) is 20.7 Å². The number of anilines is 1. The lowest BCUT2D eigenvalue weighted by Gasteiger charge is -2.10. The van der Waals surface area contributed by atoms with Crippen LogP contribution in [0.4, 0.5) is 10.1 Å². The Morgan fingerprint density at radius 2 is 2.00 bits per heavy atom. The second-order valence-corrected chi connectivity index (χ2v) is 6.97. The highest BCUT2D eigenvalue weighted by Gasteiger charge is 2.17. The molecule has 27 heavy (non-hydrogen) atoms. The second kappa shape index (κ2) is 7.48. The number of hydrogen-bond acceptors (Lipinski definition) is 3. The molecular weight excluding hydrogens is 367 g/mol. The Hall–Kier alpha value is -2.73. The number of halogens is 2. The molecule has 7 heteroatoms. The van der Waals surface area contributed by atoms with Crippen LogP contribution in [0.15, 0.2) is 42.5 Å². The number of amides is 1. The number of carbonyl (C=O) groups is 1. The first-order chi connectivity index (χ1) is 13.1. The van der Waals surface area contributed by atoms with E-state index in [1.807, 2.05) is 18.2 Å². The minimum absolute atomic E-state index is 0.0754. The predicted molar refractivity (Wildman–Crippen MR) is 102 cm³/mol. The summed E-state index contributed by atoms with van der Waals surface area (Å²) in [5, 5.41) is 11.6. The van der Waals surface area contributed by atoms with Gasteiger partial charge >= 0.3 is 0 Å². The monoisotopic (exact) mass is 384 g/mol. The lowest BCUT2D eigenvalue weighted by molar-refractivity contribution is 0.102. The van der Waals surface area contributed by atoms with Crippen molar-refractivity contribution >= 4 is 23.2 Å². The Morgan fingerprint density at radius 1 is 1.11 bits per heavy atom. The molecule has 1 aromatic heterocycles. The molecule has 138 valence electrons. The minimum Gasteiger partial charge on any atom is -0.322 e. The highest BCUT2D eigenvalue weighted by atomic mass is 35.5. The average molecular weight is 385 g/mol. The summed E-state index contributed by atoms with van der Waals surface area (Å²) in [4.78, 5) is 12.5. The molecule has 0 radical (unpaired) electrons. The van der Waals surface area contributed by atoms with E-state index in [2.05, 4.69) is 20.1 Å². The third kappa shape index (κ3) is 3.71. The van der Waals surface area contributed by atoms with Gasteiger partial charge in [-0.15, -0.1) is 10.2 Å². The number of hydrogen-bond donors (Lipinski definition) is 1. The van der Waals surface area contributed by atoms with Crippen LogP contribution in [0, 0.1) is 5.82 Å². The first-order valence-electron chi connectivity index (χ1n) is 8.91. The third-order valence-corrected chi connectivity index (χ3v) is 4.98. The molecule has 0 saturated carbocycles. The molecule has 0 unspecified atom stereocenters. The maximum Gasteiger partial charge on any atom is 0.257 e. The first-order valence-corrected chi connectivity index (χ1v) is 9.28. The Labute approximate surface area is 161 Å². The SMILES string of the molecule is O=C(Nc1cccc(-c2nnc3n2CCCCC3)c1)c1ccc(F)cc1Cl. The van der Waals surface area contributed by atoms with E-state index in [0.717, 1.165) is 49.1 Å². The van der Waals surface area contributed by atoms with E-state index in [1.54, 1.807) is 6.07 Å². The molecule has 0 aliphatic carbocycles. The summed E-state index contributed by atoms with van der Waals surface area (Å²) in [6, 6.07) is 11.2. The molecule has 0 spiro atoms. The third-order valence-electron chi connectivity index (χ3n) is 4.66. The maximum atomic E-state index is 13.2. The van der Waals surface area contributed by atoms with Crippen molar-refractivity contribution in [1.29, 1.82) is 0 Å². The van der Waals surface area contributed by atoms with Gasteiger partial charge in [0.2, 0.25) is 0 Å². The van der Waals surface area contributed by atoms with Gasteiger partial charge in [0, 0.05) is 24.2 Å². The summed E-state index contributed by atoms with van der Waals surface area (Å²) >= 11 is 5.98. The Bertz CT molecular complexity index is 1000. The Kier molecular flexibility index (Phi) is 4.90. The summed E-state index contributed by atoms with van der Waals surface area (Å²) in [5.41, 5.74) is 1.72. The normalized spacial score (nSPS) is 13.7. The van der Waals surface area contributed by atoms with Crippen molar-refractivity contribution < 1.29 is 9.18 Å². The molecule has 2 aromatic carbocycles. The van der Waals surface area contributed by atoms with Crippen molar-refractivity contribution in [3.8, 4) is 11.4 Å². The highest BCUT2D eigenvalue weighted by molar-refractivity contribution is 6.34. The summed E-state index contributed by atoms with van der Waals surface area (Å²) in [6.07, 6.45) is 4.37. The molecule has 0 saturated heterocycles. The molecule has 1 aliphatic rings. The number of rotatable bonds is 3. The van der Waals surface area contributed by atoms with Crippen LogP contribution in [0.5, 0.6) is 0 Å². The zero-order valence-electron chi connectivity index (χ0n) is 14.6. The molecule has 3 aromatic rings. The van der Waals surface area contributed by atoms with Crippen LogP contribution in [0.2, 0.25) is 5.02 Å². The topological polar surface area (TPSA) is 59.8 Å². The molecule has 1 N–H and O–H groups in total. The summed E-state index contributed by atoms with van der Waals surface area (Å²) < 4.78 is 15.3. The fourth-order valence-corrected chi connectivity index (χ4v) is 3.56. The van der Waals surface area contributed by atoms with Crippen LogP contribution in [0.1, 0.15) is 35.4 Å². The Balaban J connectivity index is 1.60. The van der Waals surface area contributed by atoms with Crippen molar-refractivity contribution in [2.75, 3.05) is 5.32 Å². The summed E-state index contributed by atoms with van der Waals surface area (Å²) in [6.45, 7) is 0.902. The molecule has 0 bridgehead atoms. The quantitative estimate of drug-likeness (QED) is 0.711. The number of carbonyl (C=O) groups excluding carboxylic acids is 1. The standard InChI is InChI=1S/C20H18ClFN4O/c21-17-12-14(22)8-9-16(17)20(27)23-15-6-4-5-13(11-15)19-25-24-18-7-2-1-3-10-26(18)19/h4-6,8-9,11-12H,1-3,7,10H2,(H,23,27). The van der Waals surface area contributed by atoms with E-state index in [0.29, 0.717) is 5.69 Å². The maximum absolute atomic E-state index is 13.2. The van der Waals surface area contributed by atoms with E-state index < -0.39 is 11.7 Å². The van der Waals surface area contributed by atoms with Crippen LogP contribution in [-0.2, 0) is 13.0 Å². The van der Waals surface area contributed by atoms with E-state index >= 15 is 0 Å². The van der Waals surface area contributed by atoms with Gasteiger partial charge in [0.15, 0.2) is 5.82 Å². The lowest BCUT2D eigenvalue weighted by atomic mass is 10.1. The zero-order valence-corrected chi connectivity index (χ0v) is 15.3. The van der Waals surface area contributed by atoms with Gasteiger partial charge in [0.25, 0.3) is 5.91 Å². The van der Waals surface area contributed by atoms with Crippen molar-refractivity contribution in [1.82, 2.24) is 14.8 Å². The van der Waals surface area contributed by atoms with E-state index in [4.69, 9.17) is 11.6 Å². The van der Waals surface area contributed by atoms with Gasteiger partial charge in [-0.3, -0.25) is 4.79 Å². The number of nitrogens with one attached hydrogen (secondary N) is 1. The van der Waals surface area contributed by atoms with E-state index in [-0.39, 0.29) is 10.6 Å². The van der Waals surface area contributed by atoms with Crippen molar-refractivity contribution in [3.05, 3.63) is 64.7 Å². The van der Waals surface area contributed by atoms with Gasteiger partial charge in [-0.1, -0.05) is 30.2 Å². The van der Waals surface area contributed by atoms with E-state index in [1.165, 1.54) is 18.6 Å². The molecule has 1 aliphatic heterocycles. The van der Waals surface area contributed by atoms with Gasteiger partial charge in [-0.25, -0.2) is 4.39 Å². The highest BCUT2D eigenvalue weighted by Crippen LogP contribution is 2.25. The minimum atomic E-state index is -0.481. The average Bonchev–Trinajstić information content (AvgIpc) is 2.90. The molecule has 0 fully saturated rings. The Morgan fingerprint density at radius 3 is 2.85 bits per heavy atom. The van der Waals surface area contributed by atoms with Gasteiger partial charge in [0.1, 0.15) is 11.6 Å². The molecule has 2 heterocycles. The fraction of sp³-hybridized carbons (Fsp3) is 0.250. The van der Waals surface area contributed by atoms with Gasteiger partial charge in [-0.05, 0) is 43.2 Å². The van der Waals surface area contributed by atoms with Crippen LogP contribution in [0.3, 0.4) is 0 Å². The lowest BCUT2D eigenvalue weighted by Crippen LogP contribution is -2.12. The second-order valence-electron chi connectivity index (χ2n) is 6.56. The fourth-order valence-electron chi connectivity index (χ4n) is 3.31. The number of aromatic nitrogens is 3. The van der Waals surface area contributed by atoms with Crippen molar-refractivity contribution in [2.24, 2.45) is 0 Å². The van der Waals surface area contributed by atoms with Gasteiger partial charge < -0.3 is 9.88 Å². The van der Waals surface area contributed by atoms with Crippen molar-refractivity contribution in [3.63, 3.8) is 0 Å². The molecule has 1 amide bonds. The van der Waals surface area contributed by atoms with Gasteiger partial charge in [0.05, 0.1) is 10.6 Å². The van der Waals surface area contributed by atoms with Crippen molar-refractivity contribution in [2.45, 2.75) is 32.2 Å². The number of benzene rings is 2. The first kappa shape index (κ1) is 17.7. The number of fused-ring (bicyclic) bond motifs is 1. The summed E-state index contributed by atoms with van der Waals surface area (Å²) in [7, 11) is 0. The predicted octanol–water partition coefficient (Wildman–Crippen LogP) is 4.72. The molecule has 0 atom stereocenters. The zero-order chi connectivity index (χ0) is 18.8. The number of aryl methyl sites for hydroxylation is 1. The molecular formula is C20H18ClFN4O. The largest absolute Gasteiger partial charge is 0.322 e. The smallest absolute Gasteiger partial charge is 0.257 e.